The number of ether oxygens (including phenoxy) is 1. The van der Waals surface area contributed by atoms with Gasteiger partial charge in [0.2, 0.25) is 0 Å². The van der Waals surface area contributed by atoms with E-state index in [1.54, 1.807) is 12.1 Å². The van der Waals surface area contributed by atoms with Gasteiger partial charge in [0.15, 0.2) is 0 Å². The zero-order valence-electron chi connectivity index (χ0n) is 10.9. The topological polar surface area (TPSA) is 38.3 Å². The summed E-state index contributed by atoms with van der Waals surface area (Å²) in [6, 6.07) is 6.39. The number of hydrogen-bond acceptors (Lipinski definition) is 3. The number of carbonyl (C=O) groups is 1. The summed E-state index contributed by atoms with van der Waals surface area (Å²) in [5.41, 5.74) is 1.04. The molecule has 1 rings (SSSR count). The van der Waals surface area contributed by atoms with Crippen LogP contribution in [-0.2, 0) is 16.1 Å². The fourth-order valence-corrected chi connectivity index (χ4v) is 1.37. The van der Waals surface area contributed by atoms with E-state index in [1.165, 1.54) is 12.1 Å². The first-order valence-electron chi connectivity index (χ1n) is 6.21. The second-order valence-electron chi connectivity index (χ2n) is 4.48. The Morgan fingerprint density at radius 1 is 1.33 bits per heavy atom. The molecule has 0 radical (unpaired) electrons. The number of hydrogen-bond donors (Lipinski definition) is 1. The third-order valence-electron chi connectivity index (χ3n) is 2.46. The monoisotopic (exact) mass is 253 g/mol. The fraction of sp³-hybridized carbons (Fsp3) is 0.500. The van der Waals surface area contributed by atoms with Crippen molar-refractivity contribution in [2.75, 3.05) is 13.2 Å². The second kappa shape index (κ2) is 7.82. The van der Waals surface area contributed by atoms with E-state index >= 15 is 0 Å². The Bertz CT molecular complexity index is 363. The summed E-state index contributed by atoms with van der Waals surface area (Å²) in [6.45, 7) is 5.53. The van der Waals surface area contributed by atoms with E-state index in [4.69, 9.17) is 4.74 Å². The van der Waals surface area contributed by atoms with Crippen LogP contribution >= 0.6 is 0 Å². The lowest BCUT2D eigenvalue weighted by Gasteiger charge is -2.08. The summed E-state index contributed by atoms with van der Waals surface area (Å²) in [7, 11) is 0. The van der Waals surface area contributed by atoms with Gasteiger partial charge in [-0.25, -0.2) is 4.39 Å². The largest absolute Gasteiger partial charge is 0.465 e. The molecule has 0 aliphatic rings. The lowest BCUT2D eigenvalue weighted by atomic mass is 10.2. The van der Waals surface area contributed by atoms with Gasteiger partial charge in [-0.2, -0.15) is 0 Å². The van der Waals surface area contributed by atoms with Gasteiger partial charge in [-0.1, -0.05) is 26.0 Å². The first-order chi connectivity index (χ1) is 8.59. The number of halogens is 1. The van der Waals surface area contributed by atoms with Crippen LogP contribution in [0.1, 0.15) is 25.8 Å². The van der Waals surface area contributed by atoms with Crippen LogP contribution in [0, 0.1) is 11.7 Å². The molecule has 0 unspecified atom stereocenters. The molecule has 0 saturated heterocycles. The molecule has 0 fully saturated rings. The maximum atomic E-state index is 12.6. The Morgan fingerprint density at radius 3 is 2.61 bits per heavy atom. The SMILES string of the molecule is CC(C)C(=O)OCCCNCc1ccc(F)cc1. The zero-order chi connectivity index (χ0) is 13.4. The van der Waals surface area contributed by atoms with Crippen LogP contribution in [0.25, 0.3) is 0 Å². The maximum absolute atomic E-state index is 12.6. The van der Waals surface area contributed by atoms with E-state index in [-0.39, 0.29) is 17.7 Å². The lowest BCUT2D eigenvalue weighted by molar-refractivity contribution is -0.147. The predicted octanol–water partition coefficient (Wildman–Crippen LogP) is 2.50. The summed E-state index contributed by atoms with van der Waals surface area (Å²) >= 11 is 0. The zero-order valence-corrected chi connectivity index (χ0v) is 10.9. The van der Waals surface area contributed by atoms with Crippen molar-refractivity contribution in [3.05, 3.63) is 35.6 Å². The van der Waals surface area contributed by atoms with Gasteiger partial charge in [0.1, 0.15) is 5.82 Å². The number of carbonyl (C=O) groups excluding carboxylic acids is 1. The van der Waals surface area contributed by atoms with Crippen LogP contribution in [0.4, 0.5) is 4.39 Å². The summed E-state index contributed by atoms with van der Waals surface area (Å²) in [5.74, 6) is -0.454. The van der Waals surface area contributed by atoms with E-state index in [1.807, 2.05) is 13.8 Å². The molecule has 3 nitrogen and oxygen atoms in total. The van der Waals surface area contributed by atoms with Gasteiger partial charge in [-0.15, -0.1) is 0 Å². The Kier molecular flexibility index (Phi) is 6.36. The van der Waals surface area contributed by atoms with Crippen molar-refractivity contribution in [1.82, 2.24) is 5.32 Å². The number of benzene rings is 1. The van der Waals surface area contributed by atoms with Crippen molar-refractivity contribution in [2.24, 2.45) is 5.92 Å². The number of esters is 1. The minimum atomic E-state index is -0.223. The van der Waals surface area contributed by atoms with E-state index < -0.39 is 0 Å². The van der Waals surface area contributed by atoms with E-state index in [0.717, 1.165) is 18.5 Å². The molecule has 0 aliphatic carbocycles. The standard InChI is InChI=1S/C14H20FNO2/c1-11(2)14(17)18-9-3-8-16-10-12-4-6-13(15)7-5-12/h4-7,11,16H,3,8-10H2,1-2H3. The van der Waals surface area contributed by atoms with Crippen LogP contribution in [0.3, 0.4) is 0 Å². The first kappa shape index (κ1) is 14.6. The Hall–Kier alpha value is -1.42. The smallest absolute Gasteiger partial charge is 0.308 e. The number of rotatable bonds is 7. The molecule has 1 aromatic rings. The van der Waals surface area contributed by atoms with Crippen molar-refractivity contribution in [3.63, 3.8) is 0 Å². The highest BCUT2D eigenvalue weighted by Crippen LogP contribution is 2.02. The fourth-order valence-electron chi connectivity index (χ4n) is 1.37. The normalized spacial score (nSPS) is 10.7. The third kappa shape index (κ3) is 5.77. The van der Waals surface area contributed by atoms with Crippen molar-refractivity contribution in [3.8, 4) is 0 Å². The Labute approximate surface area is 107 Å². The molecule has 4 heteroatoms. The summed E-state index contributed by atoms with van der Waals surface area (Å²) in [4.78, 5) is 11.2. The quantitative estimate of drug-likeness (QED) is 0.599. The van der Waals surface area contributed by atoms with Gasteiger partial charge in [-0.3, -0.25) is 4.79 Å². The molecule has 1 N–H and O–H groups in total. The summed E-state index contributed by atoms with van der Waals surface area (Å²) < 4.78 is 17.7. The second-order valence-corrected chi connectivity index (χ2v) is 4.48. The highest BCUT2D eigenvalue weighted by Gasteiger charge is 2.06. The summed E-state index contributed by atoms with van der Waals surface area (Å²) in [5, 5.41) is 3.21. The van der Waals surface area contributed by atoms with Gasteiger partial charge in [0, 0.05) is 6.54 Å². The van der Waals surface area contributed by atoms with Crippen molar-refractivity contribution >= 4 is 5.97 Å². The maximum Gasteiger partial charge on any atom is 0.308 e. The van der Waals surface area contributed by atoms with Crippen molar-refractivity contribution in [2.45, 2.75) is 26.8 Å². The van der Waals surface area contributed by atoms with Crippen LogP contribution in [0.15, 0.2) is 24.3 Å². The number of nitrogens with one attached hydrogen (secondary N) is 1. The minimum Gasteiger partial charge on any atom is -0.465 e. The lowest BCUT2D eigenvalue weighted by Crippen LogP contribution is -2.18. The van der Waals surface area contributed by atoms with Gasteiger partial charge >= 0.3 is 5.97 Å². The molecule has 100 valence electrons. The first-order valence-corrected chi connectivity index (χ1v) is 6.21. The highest BCUT2D eigenvalue weighted by molar-refractivity contribution is 5.71. The van der Waals surface area contributed by atoms with Crippen LogP contribution in [0.2, 0.25) is 0 Å². The van der Waals surface area contributed by atoms with Gasteiger partial charge < -0.3 is 10.1 Å². The van der Waals surface area contributed by atoms with Gasteiger partial charge in [0.05, 0.1) is 12.5 Å². The van der Waals surface area contributed by atoms with E-state index in [9.17, 15) is 9.18 Å². The highest BCUT2D eigenvalue weighted by atomic mass is 19.1. The minimum absolute atomic E-state index is 0.0721. The molecule has 0 spiro atoms. The Balaban J connectivity index is 2.05. The van der Waals surface area contributed by atoms with Crippen molar-refractivity contribution in [1.29, 1.82) is 0 Å². The van der Waals surface area contributed by atoms with E-state index in [0.29, 0.717) is 13.2 Å². The average Bonchev–Trinajstić information content (AvgIpc) is 2.35. The molecule has 0 heterocycles. The molecule has 18 heavy (non-hydrogen) atoms. The third-order valence-corrected chi connectivity index (χ3v) is 2.46. The molecule has 0 aliphatic heterocycles. The molecular weight excluding hydrogens is 233 g/mol. The molecular formula is C14H20FNO2. The van der Waals surface area contributed by atoms with Crippen LogP contribution in [0.5, 0.6) is 0 Å². The predicted molar refractivity (Wildman–Crippen MR) is 68.5 cm³/mol. The van der Waals surface area contributed by atoms with E-state index in [2.05, 4.69) is 5.32 Å². The molecule has 0 saturated carbocycles. The van der Waals surface area contributed by atoms with Gasteiger partial charge in [0.25, 0.3) is 0 Å². The van der Waals surface area contributed by atoms with Crippen molar-refractivity contribution < 1.29 is 13.9 Å². The molecule has 0 atom stereocenters. The van der Waals surface area contributed by atoms with Gasteiger partial charge in [-0.05, 0) is 30.7 Å². The Morgan fingerprint density at radius 2 is 2.00 bits per heavy atom. The average molecular weight is 253 g/mol. The molecule has 1 aromatic carbocycles. The van der Waals surface area contributed by atoms with Crippen LogP contribution < -0.4 is 5.32 Å². The molecule has 0 aromatic heterocycles. The molecule has 0 bridgehead atoms. The summed E-state index contributed by atoms with van der Waals surface area (Å²) in [6.07, 6.45) is 0.777. The molecule has 0 amide bonds. The van der Waals surface area contributed by atoms with Crippen LogP contribution in [-0.4, -0.2) is 19.1 Å².